The summed E-state index contributed by atoms with van der Waals surface area (Å²) in [4.78, 5) is 4.19. The Kier molecular flexibility index (Phi) is 4.13. The highest BCUT2D eigenvalue weighted by molar-refractivity contribution is 6.32. The molecule has 3 aromatic rings. The lowest BCUT2D eigenvalue weighted by molar-refractivity contribution is 0.265. The molecule has 1 aromatic heterocycles. The second kappa shape index (κ2) is 6.20. The molecule has 0 aliphatic heterocycles. The maximum absolute atomic E-state index is 6.02. The summed E-state index contributed by atoms with van der Waals surface area (Å²) in [5.74, 6) is 1.76. The number of hydrogen-bond donors (Lipinski definition) is 0. The van der Waals surface area contributed by atoms with Crippen LogP contribution in [0.3, 0.4) is 0 Å². The molecule has 21 heavy (non-hydrogen) atoms. The Balaban J connectivity index is 1.71. The number of aromatic nitrogens is 1. The van der Waals surface area contributed by atoms with Gasteiger partial charge in [0.1, 0.15) is 5.75 Å². The van der Waals surface area contributed by atoms with E-state index in [9.17, 15) is 0 Å². The lowest BCUT2D eigenvalue weighted by Crippen LogP contribution is -1.95. The van der Waals surface area contributed by atoms with Crippen molar-refractivity contribution in [1.82, 2.24) is 4.98 Å². The molecule has 5 heteroatoms. The monoisotopic (exact) mass is 319 g/mol. The topological polar surface area (TPSA) is 35.3 Å². The zero-order valence-electron chi connectivity index (χ0n) is 10.9. The minimum atomic E-state index is 0.220. The average molecular weight is 320 g/mol. The van der Waals surface area contributed by atoms with Gasteiger partial charge in [0, 0.05) is 10.6 Å². The predicted octanol–water partition coefficient (Wildman–Crippen LogP) is 5.23. The molecule has 0 amide bonds. The van der Waals surface area contributed by atoms with E-state index in [4.69, 9.17) is 32.4 Å². The highest BCUT2D eigenvalue weighted by atomic mass is 35.5. The zero-order chi connectivity index (χ0) is 14.7. The first-order valence-corrected chi connectivity index (χ1v) is 7.06. The van der Waals surface area contributed by atoms with Crippen LogP contribution in [0, 0.1) is 0 Å². The summed E-state index contributed by atoms with van der Waals surface area (Å²) < 4.78 is 11.2. The Morgan fingerprint density at radius 2 is 1.76 bits per heavy atom. The van der Waals surface area contributed by atoms with Gasteiger partial charge in [-0.05, 0) is 36.4 Å². The molecule has 0 atom stereocenters. The molecular weight excluding hydrogens is 309 g/mol. The van der Waals surface area contributed by atoms with Gasteiger partial charge >= 0.3 is 0 Å². The Hall–Kier alpha value is -1.97. The summed E-state index contributed by atoms with van der Waals surface area (Å²) in [6.07, 6.45) is 1.66. The van der Waals surface area contributed by atoms with Crippen molar-refractivity contribution in [3.8, 4) is 17.1 Å². The van der Waals surface area contributed by atoms with Crippen LogP contribution in [0.5, 0.6) is 5.75 Å². The van der Waals surface area contributed by atoms with Crippen LogP contribution in [0.25, 0.3) is 11.3 Å². The van der Waals surface area contributed by atoms with Gasteiger partial charge in [-0.25, -0.2) is 4.98 Å². The fourth-order valence-electron chi connectivity index (χ4n) is 1.83. The van der Waals surface area contributed by atoms with Gasteiger partial charge in [-0.3, -0.25) is 0 Å². The number of benzene rings is 2. The van der Waals surface area contributed by atoms with Crippen LogP contribution in [0.2, 0.25) is 10.0 Å². The number of halogens is 2. The number of ether oxygens (including phenoxy) is 1. The molecule has 0 N–H and O–H groups in total. The second-order valence-electron chi connectivity index (χ2n) is 4.34. The second-order valence-corrected chi connectivity index (χ2v) is 5.19. The van der Waals surface area contributed by atoms with Crippen LogP contribution in [0.15, 0.2) is 59.1 Å². The molecule has 0 aliphatic carbocycles. The van der Waals surface area contributed by atoms with Crippen LogP contribution >= 0.6 is 23.2 Å². The van der Waals surface area contributed by atoms with Crippen LogP contribution in [0.1, 0.15) is 5.89 Å². The van der Waals surface area contributed by atoms with Gasteiger partial charge in [0.05, 0.1) is 11.2 Å². The van der Waals surface area contributed by atoms with Crippen LogP contribution < -0.4 is 4.74 Å². The van der Waals surface area contributed by atoms with Crippen molar-refractivity contribution >= 4 is 23.2 Å². The van der Waals surface area contributed by atoms with Gasteiger partial charge in [-0.15, -0.1) is 0 Å². The van der Waals surface area contributed by atoms with Crippen molar-refractivity contribution in [3.05, 3.63) is 70.7 Å². The quantitative estimate of drug-likeness (QED) is 0.660. The van der Waals surface area contributed by atoms with Crippen molar-refractivity contribution in [2.45, 2.75) is 6.61 Å². The molecule has 0 fully saturated rings. The van der Waals surface area contributed by atoms with E-state index in [2.05, 4.69) is 4.98 Å². The highest BCUT2D eigenvalue weighted by Crippen LogP contribution is 2.25. The van der Waals surface area contributed by atoms with Crippen molar-refractivity contribution < 1.29 is 9.15 Å². The van der Waals surface area contributed by atoms with Crippen molar-refractivity contribution in [2.24, 2.45) is 0 Å². The summed E-state index contributed by atoms with van der Waals surface area (Å²) in [7, 11) is 0. The molecule has 1 heterocycles. The molecule has 0 unspecified atom stereocenters. The number of oxazole rings is 1. The molecule has 2 aromatic carbocycles. The normalized spacial score (nSPS) is 10.6. The number of para-hydroxylation sites is 1. The van der Waals surface area contributed by atoms with Crippen molar-refractivity contribution in [3.63, 3.8) is 0 Å². The molecule has 3 nitrogen and oxygen atoms in total. The molecule has 0 aliphatic rings. The maximum atomic E-state index is 6.02. The third kappa shape index (κ3) is 3.38. The van der Waals surface area contributed by atoms with Crippen molar-refractivity contribution in [2.75, 3.05) is 0 Å². The van der Waals surface area contributed by atoms with Gasteiger partial charge in [-0.2, -0.15) is 0 Å². The Labute approximate surface area is 132 Å². The first-order chi connectivity index (χ1) is 10.2. The van der Waals surface area contributed by atoms with Gasteiger partial charge in [0.15, 0.2) is 12.4 Å². The number of hydrogen-bond acceptors (Lipinski definition) is 3. The number of rotatable bonds is 4. The van der Waals surface area contributed by atoms with E-state index in [0.717, 1.165) is 5.56 Å². The lowest BCUT2D eigenvalue weighted by Gasteiger charge is -2.04. The van der Waals surface area contributed by atoms with Gasteiger partial charge < -0.3 is 9.15 Å². The third-order valence-electron chi connectivity index (χ3n) is 2.87. The molecule has 0 saturated heterocycles. The molecular formula is C16H11Cl2NO2. The fourth-order valence-corrected chi connectivity index (χ4v) is 2.14. The smallest absolute Gasteiger partial charge is 0.232 e. The van der Waals surface area contributed by atoms with E-state index in [1.807, 2.05) is 24.3 Å². The van der Waals surface area contributed by atoms with E-state index < -0.39 is 0 Å². The summed E-state index contributed by atoms with van der Waals surface area (Å²) in [5.41, 5.74) is 0.913. The minimum absolute atomic E-state index is 0.220. The Bertz CT molecular complexity index is 738. The van der Waals surface area contributed by atoms with Gasteiger partial charge in [0.2, 0.25) is 5.89 Å². The van der Waals surface area contributed by atoms with E-state index in [-0.39, 0.29) is 6.61 Å². The predicted molar refractivity (Wildman–Crippen MR) is 82.7 cm³/mol. The van der Waals surface area contributed by atoms with E-state index in [1.165, 1.54) is 0 Å². The Morgan fingerprint density at radius 3 is 2.52 bits per heavy atom. The summed E-state index contributed by atoms with van der Waals surface area (Å²) in [6, 6.07) is 14.6. The lowest BCUT2D eigenvalue weighted by atomic mass is 10.2. The first-order valence-electron chi connectivity index (χ1n) is 6.30. The van der Waals surface area contributed by atoms with Gasteiger partial charge in [0.25, 0.3) is 0 Å². The molecule has 0 saturated carbocycles. The molecule has 106 valence electrons. The summed E-state index contributed by atoms with van der Waals surface area (Å²) >= 11 is 11.9. The third-order valence-corrected chi connectivity index (χ3v) is 3.43. The standard InChI is InChI=1S/C16H11Cl2NO2/c17-12-7-5-11(6-8-12)15-9-19-16(21-15)10-20-14-4-2-1-3-13(14)18/h1-9H,10H2. The summed E-state index contributed by atoms with van der Waals surface area (Å²) in [6.45, 7) is 0.220. The fraction of sp³-hybridized carbons (Fsp3) is 0.0625. The van der Waals surface area contributed by atoms with Crippen LogP contribution in [-0.4, -0.2) is 4.98 Å². The molecule has 0 spiro atoms. The molecule has 3 rings (SSSR count). The summed E-state index contributed by atoms with van der Waals surface area (Å²) in [5, 5.41) is 1.24. The first kappa shape index (κ1) is 14.0. The van der Waals surface area contributed by atoms with Crippen LogP contribution in [-0.2, 0) is 6.61 Å². The van der Waals surface area contributed by atoms with E-state index in [1.54, 1.807) is 30.5 Å². The van der Waals surface area contributed by atoms with Gasteiger partial charge in [-0.1, -0.05) is 35.3 Å². The van der Waals surface area contributed by atoms with Crippen molar-refractivity contribution in [1.29, 1.82) is 0 Å². The largest absolute Gasteiger partial charge is 0.482 e. The Morgan fingerprint density at radius 1 is 1.00 bits per heavy atom. The maximum Gasteiger partial charge on any atom is 0.232 e. The zero-order valence-corrected chi connectivity index (χ0v) is 12.4. The highest BCUT2D eigenvalue weighted by Gasteiger charge is 2.08. The van der Waals surface area contributed by atoms with E-state index >= 15 is 0 Å². The van der Waals surface area contributed by atoms with E-state index in [0.29, 0.717) is 27.4 Å². The SMILES string of the molecule is Clc1ccc(-c2cnc(COc3ccccc3Cl)o2)cc1. The minimum Gasteiger partial charge on any atom is -0.482 e. The molecule has 0 bridgehead atoms. The van der Waals surface area contributed by atoms with Crippen LogP contribution in [0.4, 0.5) is 0 Å². The number of nitrogens with zero attached hydrogens (tertiary/aromatic N) is 1. The molecule has 0 radical (unpaired) electrons. The average Bonchev–Trinajstić information content (AvgIpc) is 2.96.